The lowest BCUT2D eigenvalue weighted by molar-refractivity contribution is 0.0934. The Bertz CT molecular complexity index is 447. The molecule has 5 heteroatoms. The number of alkyl halides is 1. The van der Waals surface area contributed by atoms with Gasteiger partial charge in [0.1, 0.15) is 5.75 Å². The number of rotatable bonds is 6. The lowest BCUT2D eigenvalue weighted by Gasteiger charge is -2.24. The van der Waals surface area contributed by atoms with Gasteiger partial charge in [0.05, 0.1) is 5.02 Å². The van der Waals surface area contributed by atoms with Gasteiger partial charge in [-0.1, -0.05) is 25.4 Å². The number of hydrogen-bond donors (Lipinski definition) is 2. The van der Waals surface area contributed by atoms with Gasteiger partial charge in [-0.05, 0) is 36.5 Å². The minimum atomic E-state index is -0.194. The molecular formula is C14H19Cl2NO2. The van der Waals surface area contributed by atoms with Crippen LogP contribution in [0.1, 0.15) is 37.0 Å². The van der Waals surface area contributed by atoms with Gasteiger partial charge in [0.15, 0.2) is 0 Å². The predicted molar refractivity (Wildman–Crippen MR) is 79.2 cm³/mol. The van der Waals surface area contributed by atoms with E-state index in [9.17, 15) is 9.90 Å². The highest BCUT2D eigenvalue weighted by molar-refractivity contribution is 6.32. The van der Waals surface area contributed by atoms with Crippen LogP contribution in [-0.2, 0) is 0 Å². The maximum atomic E-state index is 12.0. The van der Waals surface area contributed by atoms with Crippen LogP contribution in [0.3, 0.4) is 0 Å². The molecule has 1 rings (SSSR count). The number of halogens is 2. The second-order valence-corrected chi connectivity index (χ2v) is 6.09. The lowest BCUT2D eigenvalue weighted by atomic mass is 9.88. The normalized spacial score (nSPS) is 11.4. The summed E-state index contributed by atoms with van der Waals surface area (Å²) in [5.74, 6) is 0.409. The molecule has 0 spiro atoms. The first-order chi connectivity index (χ1) is 8.85. The number of amides is 1. The molecule has 0 saturated carbocycles. The third-order valence-electron chi connectivity index (χ3n) is 2.92. The van der Waals surface area contributed by atoms with Crippen molar-refractivity contribution < 1.29 is 9.90 Å². The summed E-state index contributed by atoms with van der Waals surface area (Å²) in [5.41, 5.74) is 0.446. The third-order valence-corrected chi connectivity index (χ3v) is 3.49. The molecule has 0 fully saturated rings. The third kappa shape index (κ3) is 5.29. The fourth-order valence-electron chi connectivity index (χ4n) is 1.70. The maximum Gasteiger partial charge on any atom is 0.251 e. The van der Waals surface area contributed by atoms with Crippen molar-refractivity contribution in [2.75, 3.05) is 12.4 Å². The van der Waals surface area contributed by atoms with Crippen LogP contribution in [0.2, 0.25) is 5.02 Å². The summed E-state index contributed by atoms with van der Waals surface area (Å²) in [5, 5.41) is 12.4. The summed E-state index contributed by atoms with van der Waals surface area (Å²) in [6.07, 6.45) is 1.88. The van der Waals surface area contributed by atoms with E-state index >= 15 is 0 Å². The average molecular weight is 304 g/mol. The van der Waals surface area contributed by atoms with Gasteiger partial charge >= 0.3 is 0 Å². The van der Waals surface area contributed by atoms with Crippen LogP contribution in [0.25, 0.3) is 0 Å². The summed E-state index contributed by atoms with van der Waals surface area (Å²) in [4.78, 5) is 12.0. The number of phenols is 1. The van der Waals surface area contributed by atoms with Gasteiger partial charge in [0.25, 0.3) is 5.91 Å². The summed E-state index contributed by atoms with van der Waals surface area (Å²) in [6, 6.07) is 4.41. The Hall–Kier alpha value is -0.930. The molecule has 106 valence electrons. The molecule has 0 saturated heterocycles. The van der Waals surface area contributed by atoms with Gasteiger partial charge in [-0.15, -0.1) is 11.6 Å². The van der Waals surface area contributed by atoms with Crippen molar-refractivity contribution >= 4 is 29.1 Å². The van der Waals surface area contributed by atoms with Crippen molar-refractivity contribution in [1.82, 2.24) is 5.32 Å². The molecule has 0 aliphatic carbocycles. The van der Waals surface area contributed by atoms with Crippen LogP contribution in [0, 0.1) is 5.41 Å². The Morgan fingerprint density at radius 2 is 2.11 bits per heavy atom. The first-order valence-corrected chi connectivity index (χ1v) is 7.10. The number of aromatic hydroxyl groups is 1. The van der Waals surface area contributed by atoms with Crippen molar-refractivity contribution in [3.05, 3.63) is 28.8 Å². The largest absolute Gasteiger partial charge is 0.506 e. The zero-order chi connectivity index (χ0) is 14.5. The van der Waals surface area contributed by atoms with Gasteiger partial charge in [-0.25, -0.2) is 0 Å². The quantitative estimate of drug-likeness (QED) is 0.785. The molecule has 1 aromatic carbocycles. The number of carbonyl (C=O) groups excluding carboxylic acids is 1. The number of hydrogen-bond acceptors (Lipinski definition) is 2. The summed E-state index contributed by atoms with van der Waals surface area (Å²) in [7, 11) is 0. The highest BCUT2D eigenvalue weighted by atomic mass is 35.5. The first-order valence-electron chi connectivity index (χ1n) is 6.18. The van der Waals surface area contributed by atoms with Gasteiger partial charge in [0, 0.05) is 18.0 Å². The van der Waals surface area contributed by atoms with E-state index in [1.54, 1.807) is 6.07 Å². The molecule has 3 nitrogen and oxygen atoms in total. The molecule has 0 heterocycles. The molecule has 0 atom stereocenters. The van der Waals surface area contributed by atoms with E-state index in [1.165, 1.54) is 12.1 Å². The van der Waals surface area contributed by atoms with E-state index in [1.807, 2.05) is 0 Å². The van der Waals surface area contributed by atoms with Crippen molar-refractivity contribution in [3.63, 3.8) is 0 Å². The maximum absolute atomic E-state index is 12.0. The van der Waals surface area contributed by atoms with E-state index in [2.05, 4.69) is 19.2 Å². The van der Waals surface area contributed by atoms with Crippen LogP contribution < -0.4 is 5.32 Å². The summed E-state index contributed by atoms with van der Waals surface area (Å²) < 4.78 is 0. The number of phenolic OH excluding ortho intramolecular Hbond substituents is 1. The molecule has 0 aromatic heterocycles. The Kier molecular flexibility index (Phi) is 5.95. The number of carbonyl (C=O) groups is 1. The van der Waals surface area contributed by atoms with Crippen LogP contribution in [-0.4, -0.2) is 23.4 Å². The summed E-state index contributed by atoms with van der Waals surface area (Å²) >= 11 is 11.4. The van der Waals surface area contributed by atoms with Crippen molar-refractivity contribution in [3.8, 4) is 5.75 Å². The number of benzene rings is 1. The second-order valence-electron chi connectivity index (χ2n) is 5.31. The van der Waals surface area contributed by atoms with Crippen molar-refractivity contribution in [1.29, 1.82) is 0 Å². The zero-order valence-corrected chi connectivity index (χ0v) is 12.7. The van der Waals surface area contributed by atoms with Crippen LogP contribution in [0.4, 0.5) is 0 Å². The topological polar surface area (TPSA) is 49.3 Å². The highest BCUT2D eigenvalue weighted by Crippen LogP contribution is 2.24. The average Bonchev–Trinajstić information content (AvgIpc) is 2.37. The standard InChI is InChI=1S/C14H19Cl2NO2/c1-14(2,6-3-7-15)9-17-13(19)10-4-5-12(18)11(16)8-10/h4-5,8,18H,3,6-7,9H2,1-2H3,(H,17,19). The molecule has 1 amide bonds. The van der Waals surface area contributed by atoms with Crippen molar-refractivity contribution in [2.24, 2.45) is 5.41 Å². The molecule has 0 aliphatic heterocycles. The van der Waals surface area contributed by atoms with E-state index in [0.717, 1.165) is 12.8 Å². The Balaban J connectivity index is 2.57. The molecule has 0 bridgehead atoms. The smallest absolute Gasteiger partial charge is 0.251 e. The lowest BCUT2D eigenvalue weighted by Crippen LogP contribution is -2.34. The van der Waals surface area contributed by atoms with Crippen LogP contribution >= 0.6 is 23.2 Å². The van der Waals surface area contributed by atoms with Gasteiger partial charge in [-0.2, -0.15) is 0 Å². The second kappa shape index (κ2) is 7.01. The molecule has 0 radical (unpaired) electrons. The molecule has 0 aliphatic rings. The monoisotopic (exact) mass is 303 g/mol. The predicted octanol–water partition coefficient (Wildman–Crippen LogP) is 3.82. The van der Waals surface area contributed by atoms with Gasteiger partial charge in [0.2, 0.25) is 0 Å². The molecular weight excluding hydrogens is 285 g/mol. The Labute approximate surface area is 123 Å². The summed E-state index contributed by atoms with van der Waals surface area (Å²) in [6.45, 7) is 4.74. The number of nitrogens with one attached hydrogen (secondary N) is 1. The molecule has 19 heavy (non-hydrogen) atoms. The Morgan fingerprint density at radius 3 is 2.68 bits per heavy atom. The van der Waals surface area contributed by atoms with Crippen molar-refractivity contribution in [2.45, 2.75) is 26.7 Å². The van der Waals surface area contributed by atoms with Crippen LogP contribution in [0.15, 0.2) is 18.2 Å². The fraction of sp³-hybridized carbons (Fsp3) is 0.500. The van der Waals surface area contributed by atoms with E-state index in [0.29, 0.717) is 18.0 Å². The van der Waals surface area contributed by atoms with Gasteiger partial charge < -0.3 is 10.4 Å². The fourth-order valence-corrected chi connectivity index (χ4v) is 2.02. The molecule has 1 aromatic rings. The van der Waals surface area contributed by atoms with E-state index in [-0.39, 0.29) is 22.1 Å². The first kappa shape index (κ1) is 16.1. The Morgan fingerprint density at radius 1 is 1.42 bits per heavy atom. The highest BCUT2D eigenvalue weighted by Gasteiger charge is 2.19. The SMILES string of the molecule is CC(C)(CCCCl)CNC(=O)c1ccc(O)c(Cl)c1. The molecule has 0 unspecified atom stereocenters. The molecule has 2 N–H and O–H groups in total. The zero-order valence-electron chi connectivity index (χ0n) is 11.2. The minimum Gasteiger partial charge on any atom is -0.506 e. The van der Waals surface area contributed by atoms with Gasteiger partial charge in [-0.3, -0.25) is 4.79 Å². The van der Waals surface area contributed by atoms with E-state index in [4.69, 9.17) is 23.2 Å². The van der Waals surface area contributed by atoms with Crippen LogP contribution in [0.5, 0.6) is 5.75 Å². The minimum absolute atomic E-state index is 0.00522. The van der Waals surface area contributed by atoms with E-state index < -0.39 is 0 Å².